The second kappa shape index (κ2) is 6.95. The van der Waals surface area contributed by atoms with Crippen LogP contribution in [0.5, 0.6) is 0 Å². The maximum atomic E-state index is 12.9. The van der Waals surface area contributed by atoms with E-state index in [4.69, 9.17) is 5.73 Å². The first-order valence-corrected chi connectivity index (χ1v) is 9.42. The molecule has 0 saturated heterocycles. The quantitative estimate of drug-likeness (QED) is 0.596. The number of hydrogen-bond acceptors (Lipinski definition) is 4. The van der Waals surface area contributed by atoms with E-state index >= 15 is 0 Å². The third kappa shape index (κ3) is 3.87. The topological polar surface area (TPSA) is 101 Å². The number of benzene rings is 2. The predicted molar refractivity (Wildman–Crippen MR) is 94.1 cm³/mol. The van der Waals surface area contributed by atoms with E-state index in [0.717, 1.165) is 28.6 Å². The summed E-state index contributed by atoms with van der Waals surface area (Å²) in [6, 6.07) is 8.35. The molecule has 0 spiro atoms. The van der Waals surface area contributed by atoms with Gasteiger partial charge in [0.15, 0.2) is 5.76 Å². The normalized spacial score (nSPS) is 15.5. The fourth-order valence-electron chi connectivity index (χ4n) is 2.85. The number of sulfonamides is 1. The number of fused-ring (bicyclic) bond motifs is 1. The van der Waals surface area contributed by atoms with E-state index in [1.165, 1.54) is 0 Å². The summed E-state index contributed by atoms with van der Waals surface area (Å²) >= 11 is 0. The zero-order valence-corrected chi connectivity index (χ0v) is 15.1. The molecule has 1 amide bonds. The number of alkyl halides is 3. The molecule has 0 saturated carbocycles. The van der Waals surface area contributed by atoms with Crippen LogP contribution in [0.15, 0.2) is 53.1 Å². The second-order valence-corrected chi connectivity index (χ2v) is 8.16. The van der Waals surface area contributed by atoms with Crippen molar-refractivity contribution in [3.63, 3.8) is 0 Å². The molecule has 1 aliphatic heterocycles. The first kappa shape index (κ1) is 19.9. The number of rotatable bonds is 4. The maximum Gasteiger partial charge on any atom is 0.416 e. The van der Waals surface area contributed by atoms with Crippen LogP contribution in [0.4, 0.5) is 13.2 Å². The molecule has 1 aliphatic rings. The Kier molecular flexibility index (Phi) is 4.94. The molecule has 0 radical (unpaired) electrons. The van der Waals surface area contributed by atoms with Gasteiger partial charge in [0.2, 0.25) is 10.0 Å². The molecule has 3 rings (SSSR count). The Hall–Kier alpha value is -2.85. The van der Waals surface area contributed by atoms with Crippen LogP contribution in [0.2, 0.25) is 0 Å². The summed E-state index contributed by atoms with van der Waals surface area (Å²) in [6.45, 7) is -0.0490. The maximum absolute atomic E-state index is 12.9. The van der Waals surface area contributed by atoms with Crippen molar-refractivity contribution in [2.24, 2.45) is 5.73 Å². The molecule has 0 bridgehead atoms. The number of aliphatic hydroxyl groups is 1. The van der Waals surface area contributed by atoms with Crippen LogP contribution in [-0.4, -0.2) is 23.7 Å². The van der Waals surface area contributed by atoms with Crippen molar-refractivity contribution >= 4 is 22.0 Å². The van der Waals surface area contributed by atoms with Gasteiger partial charge in [-0.25, -0.2) is 8.42 Å². The Balaban J connectivity index is 1.89. The van der Waals surface area contributed by atoms with Gasteiger partial charge in [-0.3, -0.25) is 4.79 Å². The number of nitrogens with zero attached hydrogens (tertiary/aromatic N) is 1. The second-order valence-electron chi connectivity index (χ2n) is 6.22. The lowest BCUT2D eigenvalue weighted by Crippen LogP contribution is -2.26. The molecule has 0 fully saturated rings. The first-order valence-electron chi connectivity index (χ1n) is 7.98. The number of carbonyl (C=O) groups excluding carboxylic acids is 1. The minimum absolute atomic E-state index is 0.000290. The van der Waals surface area contributed by atoms with E-state index in [1.54, 1.807) is 18.2 Å². The van der Waals surface area contributed by atoms with E-state index in [2.05, 4.69) is 0 Å². The molecular weight excluding hydrogens is 397 g/mol. The number of nitrogens with two attached hydrogens (primary N) is 1. The van der Waals surface area contributed by atoms with Gasteiger partial charge < -0.3 is 10.8 Å². The highest BCUT2D eigenvalue weighted by molar-refractivity contribution is 7.89. The average Bonchev–Trinajstić information content (AvgIpc) is 3.05. The summed E-state index contributed by atoms with van der Waals surface area (Å²) in [5, 5.41) is 9.44. The molecule has 148 valence electrons. The lowest BCUT2D eigenvalue weighted by molar-refractivity contribution is -0.137. The van der Waals surface area contributed by atoms with Crippen LogP contribution in [0.1, 0.15) is 22.3 Å². The highest BCUT2D eigenvalue weighted by Crippen LogP contribution is 2.33. The largest absolute Gasteiger partial charge is 0.503 e. The molecule has 10 heteroatoms. The van der Waals surface area contributed by atoms with E-state index in [0.29, 0.717) is 22.8 Å². The number of amides is 1. The third-order valence-electron chi connectivity index (χ3n) is 4.28. The van der Waals surface area contributed by atoms with Gasteiger partial charge >= 0.3 is 6.18 Å². The van der Waals surface area contributed by atoms with E-state index < -0.39 is 38.3 Å². The zero-order chi connectivity index (χ0) is 20.7. The van der Waals surface area contributed by atoms with Gasteiger partial charge in [-0.2, -0.15) is 17.5 Å². The number of aliphatic hydroxyl groups excluding tert-OH is 1. The lowest BCUT2D eigenvalue weighted by Gasteiger charge is -2.16. The number of hydrogen-bond donors (Lipinski definition) is 2. The first-order chi connectivity index (χ1) is 13.0. The standard InChI is InChI=1S/C18H15F3N2O4S/c19-18(20,21)14-2-1-3-15(8-14)28(26,27)23-9-12-5-4-11(6-13(12)10-23)7-16(24)17(22)25/h1-8,24H,9-10H2,(H2,22,25). The molecular formula is C18H15F3N2O4S. The van der Waals surface area contributed by atoms with Gasteiger partial charge in [0.1, 0.15) is 0 Å². The van der Waals surface area contributed by atoms with Crippen LogP contribution in [0.3, 0.4) is 0 Å². The van der Waals surface area contributed by atoms with Crippen molar-refractivity contribution in [1.29, 1.82) is 0 Å². The van der Waals surface area contributed by atoms with Crippen LogP contribution >= 0.6 is 0 Å². The molecule has 2 aromatic carbocycles. The Labute approximate surface area is 158 Å². The number of primary amides is 1. The van der Waals surface area contributed by atoms with Gasteiger partial charge in [0.25, 0.3) is 5.91 Å². The van der Waals surface area contributed by atoms with Crippen LogP contribution in [0, 0.1) is 0 Å². The predicted octanol–water partition coefficient (Wildman–Crippen LogP) is 2.79. The van der Waals surface area contributed by atoms with Crippen molar-refractivity contribution < 1.29 is 31.5 Å². The summed E-state index contributed by atoms with van der Waals surface area (Å²) in [5.41, 5.74) is 5.64. The highest BCUT2D eigenvalue weighted by Gasteiger charge is 2.34. The SMILES string of the molecule is NC(=O)C(O)=Cc1ccc2c(c1)CN(S(=O)(=O)c1cccc(C(F)(F)F)c1)C2. The monoisotopic (exact) mass is 412 g/mol. The van der Waals surface area contributed by atoms with E-state index in [9.17, 15) is 31.5 Å². The van der Waals surface area contributed by atoms with Gasteiger partial charge in [0.05, 0.1) is 10.5 Å². The Morgan fingerprint density at radius 2 is 1.79 bits per heavy atom. The molecule has 2 aromatic rings. The van der Waals surface area contributed by atoms with Gasteiger partial charge in [-0.05, 0) is 47.0 Å². The summed E-state index contributed by atoms with van der Waals surface area (Å²) in [6.07, 6.45) is -3.50. The minimum atomic E-state index is -4.65. The third-order valence-corrected chi connectivity index (χ3v) is 6.07. The highest BCUT2D eigenvalue weighted by atomic mass is 32.2. The minimum Gasteiger partial charge on any atom is -0.503 e. The van der Waals surface area contributed by atoms with Gasteiger partial charge in [0, 0.05) is 13.1 Å². The van der Waals surface area contributed by atoms with Crippen molar-refractivity contribution in [2.75, 3.05) is 0 Å². The summed E-state index contributed by atoms with van der Waals surface area (Å²) in [4.78, 5) is 10.5. The summed E-state index contributed by atoms with van der Waals surface area (Å²) < 4.78 is 65.3. The molecule has 28 heavy (non-hydrogen) atoms. The van der Waals surface area contributed by atoms with Crippen LogP contribution < -0.4 is 5.73 Å². The Morgan fingerprint density at radius 3 is 2.43 bits per heavy atom. The Morgan fingerprint density at radius 1 is 1.11 bits per heavy atom. The van der Waals surface area contributed by atoms with Crippen molar-refractivity contribution in [2.45, 2.75) is 24.2 Å². The smallest absolute Gasteiger partial charge is 0.416 e. The number of halogens is 3. The molecule has 3 N–H and O–H groups in total. The van der Waals surface area contributed by atoms with Gasteiger partial charge in [-0.1, -0.05) is 18.2 Å². The lowest BCUT2D eigenvalue weighted by atomic mass is 10.1. The Bertz CT molecular complexity index is 1080. The fourth-order valence-corrected chi connectivity index (χ4v) is 4.30. The van der Waals surface area contributed by atoms with Crippen molar-refractivity contribution in [1.82, 2.24) is 4.31 Å². The van der Waals surface area contributed by atoms with Crippen LogP contribution in [-0.2, 0) is 34.1 Å². The van der Waals surface area contributed by atoms with Gasteiger partial charge in [-0.15, -0.1) is 0 Å². The van der Waals surface area contributed by atoms with Crippen molar-refractivity contribution in [3.8, 4) is 0 Å². The molecule has 1 heterocycles. The van der Waals surface area contributed by atoms with E-state index in [-0.39, 0.29) is 13.1 Å². The summed E-state index contributed by atoms with van der Waals surface area (Å²) in [5.74, 6) is -1.65. The number of carbonyl (C=O) groups is 1. The average molecular weight is 412 g/mol. The summed E-state index contributed by atoms with van der Waals surface area (Å²) in [7, 11) is -4.14. The van der Waals surface area contributed by atoms with Crippen molar-refractivity contribution in [3.05, 3.63) is 70.5 Å². The fraction of sp³-hybridized carbons (Fsp3) is 0.167. The molecule has 0 aromatic heterocycles. The van der Waals surface area contributed by atoms with Crippen LogP contribution in [0.25, 0.3) is 6.08 Å². The van der Waals surface area contributed by atoms with E-state index in [1.807, 2.05) is 0 Å². The molecule has 6 nitrogen and oxygen atoms in total. The molecule has 0 aliphatic carbocycles. The molecule has 0 atom stereocenters. The zero-order valence-electron chi connectivity index (χ0n) is 14.3. The molecule has 0 unspecified atom stereocenters.